The van der Waals surface area contributed by atoms with Gasteiger partial charge in [-0.2, -0.15) is 0 Å². The Hall–Kier alpha value is -2.59. The van der Waals surface area contributed by atoms with Crippen molar-refractivity contribution < 1.29 is 14.7 Å². The molecule has 2 aromatic rings. The summed E-state index contributed by atoms with van der Waals surface area (Å²) >= 11 is 0. The van der Waals surface area contributed by atoms with E-state index < -0.39 is 5.97 Å². The summed E-state index contributed by atoms with van der Waals surface area (Å²) in [7, 11) is 0. The first-order valence-electron chi connectivity index (χ1n) is 6.70. The van der Waals surface area contributed by atoms with Gasteiger partial charge in [0.2, 0.25) is 0 Å². The first kappa shape index (κ1) is 14.8. The van der Waals surface area contributed by atoms with Gasteiger partial charge >= 0.3 is 5.97 Å². The fraction of sp³-hybridized carbons (Fsp3) is 0.118. The van der Waals surface area contributed by atoms with Gasteiger partial charge in [0.05, 0.1) is 17.9 Å². The zero-order chi connectivity index (χ0) is 15.1. The molecule has 0 radical (unpaired) electrons. The number of carbonyl (C=O) groups is 1. The molecule has 0 saturated carbocycles. The average Bonchev–Trinajstić information content (AvgIpc) is 2.54. The maximum atomic E-state index is 12.1. The third kappa shape index (κ3) is 3.94. The highest BCUT2D eigenvalue weighted by Gasteiger charge is 2.15. The SMILES string of the molecule is CCOC(=O)/C(=C\N(O)c1ccccc1)c1ccccc1. The summed E-state index contributed by atoms with van der Waals surface area (Å²) in [5.74, 6) is -0.473. The second-order valence-corrected chi connectivity index (χ2v) is 4.31. The van der Waals surface area contributed by atoms with Gasteiger partial charge in [-0.05, 0) is 24.6 Å². The van der Waals surface area contributed by atoms with Crippen molar-refractivity contribution in [3.63, 3.8) is 0 Å². The lowest BCUT2D eigenvalue weighted by atomic mass is 10.1. The normalized spacial score (nSPS) is 11.0. The van der Waals surface area contributed by atoms with E-state index in [1.165, 1.54) is 6.20 Å². The number of hydroxylamine groups is 1. The van der Waals surface area contributed by atoms with E-state index in [2.05, 4.69) is 0 Å². The van der Waals surface area contributed by atoms with Crippen molar-refractivity contribution in [2.75, 3.05) is 11.7 Å². The fourth-order valence-corrected chi connectivity index (χ4v) is 1.85. The predicted molar refractivity (Wildman–Crippen MR) is 81.8 cm³/mol. The summed E-state index contributed by atoms with van der Waals surface area (Å²) in [6.45, 7) is 2.02. The molecule has 0 aromatic heterocycles. The average molecular weight is 283 g/mol. The van der Waals surface area contributed by atoms with Crippen molar-refractivity contribution in [2.45, 2.75) is 6.92 Å². The highest BCUT2D eigenvalue weighted by atomic mass is 16.5. The number of carbonyl (C=O) groups excluding carboxylic acids is 1. The van der Waals surface area contributed by atoms with Crippen LogP contribution in [0.4, 0.5) is 5.69 Å². The van der Waals surface area contributed by atoms with Gasteiger partial charge in [-0.25, -0.2) is 9.86 Å². The molecule has 0 unspecified atom stereocenters. The van der Waals surface area contributed by atoms with E-state index in [4.69, 9.17) is 4.74 Å². The van der Waals surface area contributed by atoms with Crippen LogP contribution in [0.5, 0.6) is 0 Å². The molecule has 4 nitrogen and oxygen atoms in total. The number of benzene rings is 2. The van der Waals surface area contributed by atoms with Crippen molar-refractivity contribution in [3.05, 3.63) is 72.4 Å². The van der Waals surface area contributed by atoms with E-state index in [-0.39, 0.29) is 6.61 Å². The van der Waals surface area contributed by atoms with Gasteiger partial charge < -0.3 is 4.74 Å². The number of hydrogen-bond donors (Lipinski definition) is 1. The van der Waals surface area contributed by atoms with Crippen molar-refractivity contribution in [2.24, 2.45) is 0 Å². The van der Waals surface area contributed by atoms with Crippen LogP contribution in [0.15, 0.2) is 66.9 Å². The Bertz CT molecular complexity index is 608. The molecule has 4 heteroatoms. The minimum absolute atomic E-state index is 0.278. The maximum absolute atomic E-state index is 12.1. The highest BCUT2D eigenvalue weighted by molar-refractivity contribution is 6.16. The Labute approximate surface area is 123 Å². The molecule has 0 saturated heterocycles. The number of nitrogens with zero attached hydrogens (tertiary/aromatic N) is 1. The smallest absolute Gasteiger partial charge is 0.340 e. The molecule has 0 amide bonds. The van der Waals surface area contributed by atoms with Gasteiger partial charge in [-0.1, -0.05) is 48.5 Å². The van der Waals surface area contributed by atoms with E-state index in [9.17, 15) is 10.0 Å². The minimum Gasteiger partial charge on any atom is -0.462 e. The molecule has 0 aliphatic heterocycles. The summed E-state index contributed by atoms with van der Waals surface area (Å²) in [4.78, 5) is 12.1. The summed E-state index contributed by atoms with van der Waals surface area (Å²) in [5.41, 5.74) is 1.55. The monoisotopic (exact) mass is 283 g/mol. The van der Waals surface area contributed by atoms with E-state index >= 15 is 0 Å². The van der Waals surface area contributed by atoms with Crippen LogP contribution in [-0.4, -0.2) is 17.8 Å². The molecule has 0 spiro atoms. The third-order valence-corrected chi connectivity index (χ3v) is 2.85. The molecule has 0 heterocycles. The molecule has 0 aliphatic carbocycles. The topological polar surface area (TPSA) is 49.8 Å². The molecule has 108 valence electrons. The van der Waals surface area contributed by atoms with Crippen LogP contribution in [-0.2, 0) is 9.53 Å². The summed E-state index contributed by atoms with van der Waals surface area (Å²) < 4.78 is 5.05. The first-order valence-corrected chi connectivity index (χ1v) is 6.70. The van der Waals surface area contributed by atoms with Gasteiger partial charge in [-0.15, -0.1) is 0 Å². The molecule has 2 rings (SSSR count). The maximum Gasteiger partial charge on any atom is 0.340 e. The third-order valence-electron chi connectivity index (χ3n) is 2.85. The highest BCUT2D eigenvalue weighted by Crippen LogP contribution is 2.19. The number of rotatable bonds is 5. The Morgan fingerprint density at radius 3 is 2.24 bits per heavy atom. The van der Waals surface area contributed by atoms with Crippen LogP contribution in [0.1, 0.15) is 12.5 Å². The molecule has 0 atom stereocenters. The Morgan fingerprint density at radius 1 is 1.10 bits per heavy atom. The standard InChI is InChI=1S/C17H17NO3/c1-2-21-17(19)16(14-9-5-3-6-10-14)13-18(20)15-11-7-4-8-12-15/h3-13,20H,2H2,1H3/b16-13-. The van der Waals surface area contributed by atoms with Crippen LogP contribution < -0.4 is 5.06 Å². The second-order valence-electron chi connectivity index (χ2n) is 4.31. The number of ether oxygens (including phenoxy) is 1. The van der Waals surface area contributed by atoms with Crippen molar-refractivity contribution >= 4 is 17.2 Å². The number of anilines is 1. The minimum atomic E-state index is -0.473. The lowest BCUT2D eigenvalue weighted by molar-refractivity contribution is -0.136. The van der Waals surface area contributed by atoms with E-state index in [0.717, 1.165) is 5.06 Å². The van der Waals surface area contributed by atoms with Crippen LogP contribution in [0.2, 0.25) is 0 Å². The molecule has 21 heavy (non-hydrogen) atoms. The molecule has 2 aromatic carbocycles. The summed E-state index contributed by atoms with van der Waals surface area (Å²) in [6, 6.07) is 18.0. The summed E-state index contributed by atoms with van der Waals surface area (Å²) in [6.07, 6.45) is 1.36. The lowest BCUT2D eigenvalue weighted by Crippen LogP contribution is -2.14. The number of para-hydroxylation sites is 1. The van der Waals surface area contributed by atoms with Gasteiger partial charge in [0, 0.05) is 6.20 Å². The van der Waals surface area contributed by atoms with E-state index in [0.29, 0.717) is 16.8 Å². The number of esters is 1. The van der Waals surface area contributed by atoms with E-state index in [1.807, 2.05) is 24.3 Å². The number of hydrogen-bond acceptors (Lipinski definition) is 4. The molecule has 1 N–H and O–H groups in total. The zero-order valence-electron chi connectivity index (χ0n) is 11.8. The van der Waals surface area contributed by atoms with Crippen LogP contribution >= 0.6 is 0 Å². The lowest BCUT2D eigenvalue weighted by Gasteiger charge is -2.14. The molecule has 0 fully saturated rings. The van der Waals surface area contributed by atoms with Gasteiger partial charge in [-0.3, -0.25) is 5.21 Å². The second kappa shape index (κ2) is 7.26. The van der Waals surface area contributed by atoms with Crippen molar-refractivity contribution in [1.82, 2.24) is 0 Å². The van der Waals surface area contributed by atoms with Crippen molar-refractivity contribution in [3.8, 4) is 0 Å². The molecule has 0 bridgehead atoms. The van der Waals surface area contributed by atoms with E-state index in [1.54, 1.807) is 43.3 Å². The fourth-order valence-electron chi connectivity index (χ4n) is 1.85. The van der Waals surface area contributed by atoms with Gasteiger partial charge in [0.25, 0.3) is 0 Å². The largest absolute Gasteiger partial charge is 0.462 e. The van der Waals surface area contributed by atoms with Gasteiger partial charge in [0.1, 0.15) is 0 Å². The predicted octanol–water partition coefficient (Wildman–Crippen LogP) is 3.49. The molecular formula is C17H17NO3. The Kier molecular flexibility index (Phi) is 5.12. The van der Waals surface area contributed by atoms with Crippen LogP contribution in [0.25, 0.3) is 5.57 Å². The quantitative estimate of drug-likeness (QED) is 0.518. The van der Waals surface area contributed by atoms with Gasteiger partial charge in [0.15, 0.2) is 0 Å². The van der Waals surface area contributed by atoms with Crippen LogP contribution in [0.3, 0.4) is 0 Å². The van der Waals surface area contributed by atoms with Crippen LogP contribution in [0, 0.1) is 0 Å². The molecular weight excluding hydrogens is 266 g/mol. The first-order chi connectivity index (χ1) is 10.2. The van der Waals surface area contributed by atoms with Crippen molar-refractivity contribution in [1.29, 1.82) is 0 Å². The Balaban J connectivity index is 2.35. The Morgan fingerprint density at radius 2 is 1.67 bits per heavy atom. The zero-order valence-corrected chi connectivity index (χ0v) is 11.8. The summed E-state index contributed by atoms with van der Waals surface area (Å²) in [5, 5.41) is 11.0. The molecule has 0 aliphatic rings.